The largest absolute Gasteiger partial charge is 0.378 e. The van der Waals surface area contributed by atoms with Gasteiger partial charge >= 0.3 is 0 Å². The summed E-state index contributed by atoms with van der Waals surface area (Å²) in [6.45, 7) is 4.03. The minimum absolute atomic E-state index is 0.0475. The molecule has 0 spiro atoms. The second-order valence-corrected chi connectivity index (χ2v) is 9.24. The van der Waals surface area contributed by atoms with Crippen molar-refractivity contribution in [3.63, 3.8) is 0 Å². The Morgan fingerprint density at radius 3 is 2.34 bits per heavy atom. The SMILES string of the molecule is Cc1nc(N2CCOCC2)nc(Nc2ccc(F)cc2)c1NS(=O)(=O)c1ccc(Cl)cc1. The molecule has 1 saturated heterocycles. The molecule has 32 heavy (non-hydrogen) atoms. The molecule has 8 nitrogen and oxygen atoms in total. The standard InChI is InChI=1S/C21H21ClFN5O3S/c1-14-19(27-32(29,30)18-8-2-15(22)3-9-18)20(25-17-6-4-16(23)5-7-17)26-21(24-14)28-10-12-31-13-11-28/h2-9,27H,10-13H2,1H3,(H,24,25,26). The quantitative estimate of drug-likeness (QED) is 0.554. The molecule has 0 atom stereocenters. The van der Waals surface area contributed by atoms with Crippen LogP contribution < -0.4 is 14.9 Å². The number of aromatic nitrogens is 2. The molecule has 0 aliphatic carbocycles. The minimum atomic E-state index is -3.93. The van der Waals surface area contributed by atoms with E-state index in [4.69, 9.17) is 16.3 Å². The Morgan fingerprint density at radius 2 is 1.69 bits per heavy atom. The van der Waals surface area contributed by atoms with Crippen LogP contribution in [0.4, 0.5) is 27.5 Å². The molecular formula is C21H21ClFN5O3S. The highest BCUT2D eigenvalue weighted by molar-refractivity contribution is 7.92. The second-order valence-electron chi connectivity index (χ2n) is 7.12. The van der Waals surface area contributed by atoms with Gasteiger partial charge in [-0.25, -0.2) is 17.8 Å². The lowest BCUT2D eigenvalue weighted by Gasteiger charge is -2.28. The van der Waals surface area contributed by atoms with Crippen molar-refractivity contribution in [3.8, 4) is 0 Å². The van der Waals surface area contributed by atoms with E-state index in [-0.39, 0.29) is 22.2 Å². The van der Waals surface area contributed by atoms with Crippen LogP contribution in [0.5, 0.6) is 0 Å². The maximum Gasteiger partial charge on any atom is 0.262 e. The van der Waals surface area contributed by atoms with Gasteiger partial charge in [0, 0.05) is 23.8 Å². The molecule has 1 aromatic heterocycles. The Hall–Kier alpha value is -2.95. The molecule has 1 aliphatic rings. The number of nitrogens with one attached hydrogen (secondary N) is 2. The average molecular weight is 478 g/mol. The summed E-state index contributed by atoms with van der Waals surface area (Å²) in [6.07, 6.45) is 0. The number of hydrogen-bond donors (Lipinski definition) is 2. The number of ether oxygens (including phenoxy) is 1. The first-order valence-corrected chi connectivity index (χ1v) is 11.7. The third-order valence-corrected chi connectivity index (χ3v) is 6.46. The van der Waals surface area contributed by atoms with E-state index in [1.807, 2.05) is 4.90 Å². The molecule has 0 saturated carbocycles. The van der Waals surface area contributed by atoms with Gasteiger partial charge in [0.1, 0.15) is 11.5 Å². The van der Waals surface area contributed by atoms with Gasteiger partial charge in [-0.15, -0.1) is 0 Å². The number of benzene rings is 2. The number of nitrogens with zero attached hydrogens (tertiary/aromatic N) is 3. The zero-order valence-electron chi connectivity index (χ0n) is 17.2. The maximum atomic E-state index is 13.3. The van der Waals surface area contributed by atoms with Crippen molar-refractivity contribution in [2.45, 2.75) is 11.8 Å². The van der Waals surface area contributed by atoms with Crippen LogP contribution in [0.3, 0.4) is 0 Å². The van der Waals surface area contributed by atoms with Crippen LogP contribution in [0, 0.1) is 12.7 Å². The Bertz CT molecular complexity index is 1200. The summed E-state index contributed by atoms with van der Waals surface area (Å²) in [6, 6.07) is 11.5. The monoisotopic (exact) mass is 477 g/mol. The van der Waals surface area contributed by atoms with E-state index in [1.54, 1.807) is 19.1 Å². The van der Waals surface area contributed by atoms with Crippen molar-refractivity contribution in [3.05, 3.63) is 65.1 Å². The van der Waals surface area contributed by atoms with E-state index in [0.717, 1.165) is 0 Å². The Morgan fingerprint density at radius 1 is 1.03 bits per heavy atom. The molecular weight excluding hydrogens is 457 g/mol. The second kappa shape index (κ2) is 9.27. The first-order chi connectivity index (χ1) is 15.3. The lowest BCUT2D eigenvalue weighted by atomic mass is 10.3. The Balaban J connectivity index is 1.73. The zero-order valence-corrected chi connectivity index (χ0v) is 18.8. The van der Waals surface area contributed by atoms with Crippen LogP contribution in [0.25, 0.3) is 0 Å². The Labute approximate surface area is 190 Å². The van der Waals surface area contributed by atoms with Crippen molar-refractivity contribution >= 4 is 44.8 Å². The van der Waals surface area contributed by atoms with Crippen molar-refractivity contribution in [1.29, 1.82) is 0 Å². The van der Waals surface area contributed by atoms with Gasteiger partial charge in [0.25, 0.3) is 10.0 Å². The molecule has 2 N–H and O–H groups in total. The summed E-state index contributed by atoms with van der Waals surface area (Å²) >= 11 is 5.88. The highest BCUT2D eigenvalue weighted by atomic mass is 35.5. The Kier molecular flexibility index (Phi) is 6.45. The summed E-state index contributed by atoms with van der Waals surface area (Å²) in [7, 11) is -3.93. The maximum absolute atomic E-state index is 13.3. The fourth-order valence-corrected chi connectivity index (χ4v) is 4.40. The normalized spacial score (nSPS) is 14.3. The summed E-state index contributed by atoms with van der Waals surface area (Å²) in [5.41, 5.74) is 1.18. The van der Waals surface area contributed by atoms with Crippen molar-refractivity contribution < 1.29 is 17.5 Å². The molecule has 2 heterocycles. The number of sulfonamides is 1. The molecule has 3 aromatic rings. The molecule has 1 aliphatic heterocycles. The predicted octanol–water partition coefficient (Wildman–Crippen LogP) is 3.96. The molecule has 0 bridgehead atoms. The topological polar surface area (TPSA) is 96.4 Å². The van der Waals surface area contributed by atoms with Gasteiger partial charge in [0.15, 0.2) is 5.82 Å². The number of halogens is 2. The zero-order chi connectivity index (χ0) is 22.7. The molecule has 11 heteroatoms. The van der Waals surface area contributed by atoms with E-state index < -0.39 is 10.0 Å². The lowest BCUT2D eigenvalue weighted by molar-refractivity contribution is 0.122. The van der Waals surface area contributed by atoms with Gasteiger partial charge in [-0.1, -0.05) is 11.6 Å². The van der Waals surface area contributed by atoms with Gasteiger partial charge in [-0.05, 0) is 55.5 Å². The molecule has 4 rings (SSSR count). The third kappa shape index (κ3) is 5.09. The summed E-state index contributed by atoms with van der Waals surface area (Å²) in [4.78, 5) is 11.1. The van der Waals surface area contributed by atoms with Gasteiger partial charge in [0.05, 0.1) is 23.8 Å². The van der Waals surface area contributed by atoms with Crippen LogP contribution in [-0.2, 0) is 14.8 Å². The first kappa shape index (κ1) is 22.3. The highest BCUT2D eigenvalue weighted by Crippen LogP contribution is 2.31. The van der Waals surface area contributed by atoms with E-state index >= 15 is 0 Å². The van der Waals surface area contributed by atoms with Crippen LogP contribution in [0.1, 0.15) is 5.69 Å². The molecule has 168 valence electrons. The lowest BCUT2D eigenvalue weighted by Crippen LogP contribution is -2.37. The minimum Gasteiger partial charge on any atom is -0.378 e. The number of rotatable bonds is 6. The average Bonchev–Trinajstić information content (AvgIpc) is 2.78. The molecule has 0 radical (unpaired) electrons. The van der Waals surface area contributed by atoms with E-state index in [0.29, 0.717) is 48.7 Å². The van der Waals surface area contributed by atoms with Gasteiger partial charge < -0.3 is 15.0 Å². The van der Waals surface area contributed by atoms with Crippen molar-refractivity contribution in [2.24, 2.45) is 0 Å². The number of hydrogen-bond acceptors (Lipinski definition) is 7. The summed E-state index contributed by atoms with van der Waals surface area (Å²) in [5.74, 6) is 0.320. The smallest absolute Gasteiger partial charge is 0.262 e. The van der Waals surface area contributed by atoms with E-state index in [1.165, 1.54) is 36.4 Å². The fraction of sp³-hybridized carbons (Fsp3) is 0.238. The van der Waals surface area contributed by atoms with Crippen molar-refractivity contribution in [2.75, 3.05) is 41.2 Å². The third-order valence-electron chi connectivity index (χ3n) is 4.84. The van der Waals surface area contributed by atoms with Crippen LogP contribution in [-0.4, -0.2) is 44.7 Å². The van der Waals surface area contributed by atoms with Gasteiger partial charge in [-0.2, -0.15) is 4.98 Å². The highest BCUT2D eigenvalue weighted by Gasteiger charge is 2.23. The predicted molar refractivity (Wildman–Crippen MR) is 122 cm³/mol. The molecule has 2 aromatic carbocycles. The summed E-state index contributed by atoms with van der Waals surface area (Å²) < 4.78 is 47.3. The fourth-order valence-electron chi connectivity index (χ4n) is 3.15. The van der Waals surface area contributed by atoms with Crippen LogP contribution >= 0.6 is 11.6 Å². The first-order valence-electron chi connectivity index (χ1n) is 9.84. The molecule has 0 amide bonds. The number of anilines is 4. The van der Waals surface area contributed by atoms with Gasteiger partial charge in [-0.3, -0.25) is 4.72 Å². The van der Waals surface area contributed by atoms with Crippen LogP contribution in [0.15, 0.2) is 53.4 Å². The molecule has 1 fully saturated rings. The van der Waals surface area contributed by atoms with Crippen molar-refractivity contribution in [1.82, 2.24) is 9.97 Å². The number of morpholine rings is 1. The molecule has 0 unspecified atom stereocenters. The summed E-state index contributed by atoms with van der Waals surface area (Å²) in [5, 5.41) is 3.51. The van der Waals surface area contributed by atoms with E-state index in [2.05, 4.69) is 20.0 Å². The van der Waals surface area contributed by atoms with Crippen LogP contribution in [0.2, 0.25) is 5.02 Å². The van der Waals surface area contributed by atoms with E-state index in [9.17, 15) is 12.8 Å². The number of aryl methyl sites for hydroxylation is 1. The van der Waals surface area contributed by atoms with Gasteiger partial charge in [0.2, 0.25) is 5.95 Å².